The average molecular weight is 234 g/mol. The number of hydrogen-bond acceptors (Lipinski definition) is 2. The SMILES string of the molecule is C#CC(CCC)NC(=O)C1NCC2CCCC21. The van der Waals surface area contributed by atoms with Crippen LogP contribution < -0.4 is 10.6 Å². The minimum Gasteiger partial charge on any atom is -0.341 e. The fourth-order valence-electron chi connectivity index (χ4n) is 3.22. The highest BCUT2D eigenvalue weighted by molar-refractivity contribution is 5.83. The molecule has 0 spiro atoms. The summed E-state index contributed by atoms with van der Waals surface area (Å²) in [6, 6.07) is -0.107. The van der Waals surface area contributed by atoms with E-state index in [2.05, 4.69) is 23.5 Å². The highest BCUT2D eigenvalue weighted by Crippen LogP contribution is 2.37. The van der Waals surface area contributed by atoms with Crippen LogP contribution in [0.4, 0.5) is 0 Å². The molecule has 3 heteroatoms. The van der Waals surface area contributed by atoms with Crippen molar-refractivity contribution >= 4 is 5.91 Å². The lowest BCUT2D eigenvalue weighted by Crippen LogP contribution is -2.47. The Morgan fingerprint density at radius 1 is 1.59 bits per heavy atom. The summed E-state index contributed by atoms with van der Waals surface area (Å²) in [5, 5.41) is 6.33. The predicted octanol–water partition coefficient (Wildman–Crippen LogP) is 1.29. The second kappa shape index (κ2) is 5.55. The Balaban J connectivity index is 1.89. The van der Waals surface area contributed by atoms with Crippen LogP contribution in [-0.2, 0) is 4.79 Å². The van der Waals surface area contributed by atoms with E-state index in [1.165, 1.54) is 19.3 Å². The number of nitrogens with one attached hydrogen (secondary N) is 2. The lowest BCUT2D eigenvalue weighted by atomic mass is 9.93. The van der Waals surface area contributed by atoms with Crippen molar-refractivity contribution in [1.82, 2.24) is 10.6 Å². The molecule has 2 rings (SSSR count). The number of hydrogen-bond donors (Lipinski definition) is 2. The molecular weight excluding hydrogens is 212 g/mol. The summed E-state index contributed by atoms with van der Waals surface area (Å²) in [7, 11) is 0. The Bertz CT molecular complexity index is 321. The molecule has 0 radical (unpaired) electrons. The van der Waals surface area contributed by atoms with Crippen molar-refractivity contribution in [3.05, 3.63) is 0 Å². The molecule has 17 heavy (non-hydrogen) atoms. The number of amides is 1. The maximum atomic E-state index is 12.2. The minimum absolute atomic E-state index is 0.00444. The van der Waals surface area contributed by atoms with Gasteiger partial charge in [0.1, 0.15) is 0 Å². The van der Waals surface area contributed by atoms with Crippen molar-refractivity contribution in [3.63, 3.8) is 0 Å². The zero-order valence-corrected chi connectivity index (χ0v) is 10.5. The van der Waals surface area contributed by atoms with Crippen molar-refractivity contribution in [2.24, 2.45) is 11.8 Å². The fraction of sp³-hybridized carbons (Fsp3) is 0.786. The van der Waals surface area contributed by atoms with Gasteiger partial charge >= 0.3 is 0 Å². The largest absolute Gasteiger partial charge is 0.341 e. The number of fused-ring (bicyclic) bond motifs is 1. The van der Waals surface area contributed by atoms with Gasteiger partial charge in [0.05, 0.1) is 12.1 Å². The molecule has 1 heterocycles. The van der Waals surface area contributed by atoms with Gasteiger partial charge in [-0.05, 0) is 37.6 Å². The number of terminal acetylenes is 1. The highest BCUT2D eigenvalue weighted by atomic mass is 16.2. The Morgan fingerprint density at radius 3 is 3.12 bits per heavy atom. The van der Waals surface area contributed by atoms with Crippen molar-refractivity contribution < 1.29 is 4.79 Å². The number of carbonyl (C=O) groups excluding carboxylic acids is 1. The predicted molar refractivity (Wildman–Crippen MR) is 68.3 cm³/mol. The second-order valence-electron chi connectivity index (χ2n) is 5.26. The van der Waals surface area contributed by atoms with E-state index in [1.54, 1.807) is 0 Å². The molecular formula is C14H22N2O. The molecule has 3 nitrogen and oxygen atoms in total. The standard InChI is InChI=1S/C14H22N2O/c1-3-6-11(4-2)16-14(17)13-12-8-5-7-10(12)9-15-13/h2,10-13,15H,3,5-9H2,1H3,(H,16,17). The van der Waals surface area contributed by atoms with Crippen molar-refractivity contribution in [3.8, 4) is 12.3 Å². The second-order valence-corrected chi connectivity index (χ2v) is 5.26. The van der Waals surface area contributed by atoms with E-state index in [4.69, 9.17) is 6.42 Å². The quantitative estimate of drug-likeness (QED) is 0.720. The smallest absolute Gasteiger partial charge is 0.238 e. The van der Waals surface area contributed by atoms with Crippen LogP contribution in [0.5, 0.6) is 0 Å². The molecule has 1 amide bonds. The summed E-state index contributed by atoms with van der Waals surface area (Å²) in [6.07, 6.45) is 11.0. The van der Waals surface area contributed by atoms with Gasteiger partial charge in [0, 0.05) is 0 Å². The van der Waals surface area contributed by atoms with Crippen LogP contribution in [0.1, 0.15) is 39.0 Å². The zero-order valence-electron chi connectivity index (χ0n) is 10.5. The molecule has 2 aliphatic rings. The maximum Gasteiger partial charge on any atom is 0.238 e. The minimum atomic E-state index is -0.102. The average Bonchev–Trinajstić information content (AvgIpc) is 2.89. The Hall–Kier alpha value is -1.01. The number of carbonyl (C=O) groups is 1. The molecule has 2 N–H and O–H groups in total. The van der Waals surface area contributed by atoms with Gasteiger partial charge in [0.15, 0.2) is 0 Å². The van der Waals surface area contributed by atoms with Gasteiger partial charge in [0.25, 0.3) is 0 Å². The molecule has 0 aromatic heterocycles. The summed E-state index contributed by atoms with van der Waals surface area (Å²) in [5.74, 6) is 4.01. The van der Waals surface area contributed by atoms with Crippen LogP contribution in [0, 0.1) is 24.2 Å². The van der Waals surface area contributed by atoms with Gasteiger partial charge < -0.3 is 10.6 Å². The monoisotopic (exact) mass is 234 g/mol. The summed E-state index contributed by atoms with van der Waals surface area (Å²) < 4.78 is 0. The summed E-state index contributed by atoms with van der Waals surface area (Å²) in [6.45, 7) is 3.08. The normalized spacial score (nSPS) is 32.8. The Kier molecular flexibility index (Phi) is 4.06. The summed E-state index contributed by atoms with van der Waals surface area (Å²) >= 11 is 0. The molecule has 4 atom stereocenters. The number of rotatable bonds is 4. The molecule has 0 aromatic carbocycles. The third-order valence-electron chi connectivity index (χ3n) is 4.12. The fourth-order valence-corrected chi connectivity index (χ4v) is 3.22. The Morgan fingerprint density at radius 2 is 2.41 bits per heavy atom. The molecule has 1 aliphatic heterocycles. The first-order chi connectivity index (χ1) is 8.26. The lowest BCUT2D eigenvalue weighted by Gasteiger charge is -2.20. The van der Waals surface area contributed by atoms with Gasteiger partial charge in [-0.2, -0.15) is 0 Å². The van der Waals surface area contributed by atoms with Gasteiger partial charge in [-0.3, -0.25) is 4.79 Å². The van der Waals surface area contributed by atoms with E-state index in [0.717, 1.165) is 19.4 Å². The van der Waals surface area contributed by atoms with Crippen molar-refractivity contribution in [2.45, 2.75) is 51.1 Å². The first-order valence-corrected chi connectivity index (χ1v) is 6.76. The molecule has 1 saturated carbocycles. The molecule has 2 fully saturated rings. The van der Waals surface area contributed by atoms with E-state index in [9.17, 15) is 4.79 Å². The van der Waals surface area contributed by atoms with Crippen molar-refractivity contribution in [1.29, 1.82) is 0 Å². The highest BCUT2D eigenvalue weighted by Gasteiger charge is 2.42. The van der Waals surface area contributed by atoms with Crippen LogP contribution in [0.2, 0.25) is 0 Å². The van der Waals surface area contributed by atoms with E-state index in [1.807, 2.05) is 0 Å². The molecule has 0 aromatic rings. The molecule has 94 valence electrons. The molecule has 4 unspecified atom stereocenters. The topological polar surface area (TPSA) is 41.1 Å². The van der Waals surface area contributed by atoms with E-state index in [-0.39, 0.29) is 18.0 Å². The van der Waals surface area contributed by atoms with E-state index in [0.29, 0.717) is 11.8 Å². The summed E-state index contributed by atoms with van der Waals surface area (Å²) in [4.78, 5) is 12.2. The lowest BCUT2D eigenvalue weighted by molar-refractivity contribution is -0.124. The van der Waals surface area contributed by atoms with Crippen molar-refractivity contribution in [2.75, 3.05) is 6.54 Å². The van der Waals surface area contributed by atoms with E-state index >= 15 is 0 Å². The molecule has 1 saturated heterocycles. The third kappa shape index (κ3) is 2.63. The van der Waals surface area contributed by atoms with Gasteiger partial charge in [-0.25, -0.2) is 0 Å². The third-order valence-corrected chi connectivity index (χ3v) is 4.12. The van der Waals surface area contributed by atoms with Crippen LogP contribution in [0.25, 0.3) is 0 Å². The maximum absolute atomic E-state index is 12.2. The zero-order chi connectivity index (χ0) is 12.3. The van der Waals surface area contributed by atoms with Crippen LogP contribution >= 0.6 is 0 Å². The first kappa shape index (κ1) is 12.4. The Labute approximate surface area is 104 Å². The summed E-state index contributed by atoms with van der Waals surface area (Å²) in [5.41, 5.74) is 0. The van der Waals surface area contributed by atoms with Crippen LogP contribution in [-0.4, -0.2) is 24.5 Å². The first-order valence-electron chi connectivity index (χ1n) is 6.76. The molecule has 0 bridgehead atoms. The van der Waals surface area contributed by atoms with Gasteiger partial charge in [-0.15, -0.1) is 6.42 Å². The van der Waals surface area contributed by atoms with E-state index < -0.39 is 0 Å². The van der Waals surface area contributed by atoms with Gasteiger partial charge in [0.2, 0.25) is 5.91 Å². The van der Waals surface area contributed by atoms with Crippen LogP contribution in [0.15, 0.2) is 0 Å². The van der Waals surface area contributed by atoms with Crippen LogP contribution in [0.3, 0.4) is 0 Å². The molecule has 1 aliphatic carbocycles. The van der Waals surface area contributed by atoms with Gasteiger partial charge in [-0.1, -0.05) is 25.7 Å².